The molecular weight excluding hydrogens is 391 g/mol. The first-order chi connectivity index (χ1) is 11.1. The van der Waals surface area contributed by atoms with Crippen molar-refractivity contribution in [3.63, 3.8) is 0 Å². The SMILES string of the molecule is O=C(OCc1cc2c(cc1Br)OCCO2)c1c(F)cccc1Cl. The van der Waals surface area contributed by atoms with E-state index < -0.39 is 11.8 Å². The fourth-order valence-electron chi connectivity index (χ4n) is 2.12. The van der Waals surface area contributed by atoms with E-state index in [9.17, 15) is 9.18 Å². The summed E-state index contributed by atoms with van der Waals surface area (Å²) in [5, 5.41) is 0.0104. The van der Waals surface area contributed by atoms with Gasteiger partial charge in [-0.3, -0.25) is 0 Å². The summed E-state index contributed by atoms with van der Waals surface area (Å²) in [4.78, 5) is 12.0. The van der Waals surface area contributed by atoms with Crippen LogP contribution < -0.4 is 9.47 Å². The zero-order valence-electron chi connectivity index (χ0n) is 11.8. The highest BCUT2D eigenvalue weighted by molar-refractivity contribution is 9.10. The molecule has 2 aromatic carbocycles. The molecule has 7 heteroatoms. The second kappa shape index (κ2) is 6.76. The van der Waals surface area contributed by atoms with Crippen molar-refractivity contribution in [2.24, 2.45) is 0 Å². The van der Waals surface area contributed by atoms with Crippen LogP contribution in [0.15, 0.2) is 34.8 Å². The topological polar surface area (TPSA) is 44.8 Å². The number of hydrogen-bond acceptors (Lipinski definition) is 4. The Morgan fingerprint density at radius 2 is 1.96 bits per heavy atom. The first-order valence-electron chi connectivity index (χ1n) is 6.75. The third kappa shape index (κ3) is 3.43. The predicted octanol–water partition coefficient (Wildman–Crippen LogP) is 4.37. The summed E-state index contributed by atoms with van der Waals surface area (Å²) in [6, 6.07) is 7.47. The van der Waals surface area contributed by atoms with Crippen LogP contribution in [-0.2, 0) is 11.3 Å². The van der Waals surface area contributed by atoms with E-state index in [1.807, 2.05) is 0 Å². The van der Waals surface area contributed by atoms with Gasteiger partial charge in [-0.1, -0.05) is 33.6 Å². The lowest BCUT2D eigenvalue weighted by Crippen LogP contribution is -2.16. The standard InChI is InChI=1S/C16H11BrClFO4/c17-10-7-14-13(21-4-5-22-14)6-9(10)8-23-16(20)15-11(18)2-1-3-12(15)19/h1-3,6-7H,4-5,8H2. The Morgan fingerprint density at radius 3 is 2.65 bits per heavy atom. The normalized spacial score (nSPS) is 12.8. The van der Waals surface area contributed by atoms with Gasteiger partial charge in [-0.2, -0.15) is 0 Å². The van der Waals surface area contributed by atoms with Gasteiger partial charge in [-0.25, -0.2) is 9.18 Å². The highest BCUT2D eigenvalue weighted by Gasteiger charge is 2.19. The third-order valence-electron chi connectivity index (χ3n) is 3.24. The van der Waals surface area contributed by atoms with Gasteiger partial charge in [0, 0.05) is 10.0 Å². The molecular formula is C16H11BrClFO4. The van der Waals surface area contributed by atoms with Crippen LogP contribution in [0.1, 0.15) is 15.9 Å². The van der Waals surface area contributed by atoms with Crippen molar-refractivity contribution in [3.05, 3.63) is 56.8 Å². The number of fused-ring (bicyclic) bond motifs is 1. The minimum absolute atomic E-state index is 0.0104. The molecule has 0 bridgehead atoms. The third-order valence-corrected chi connectivity index (χ3v) is 4.29. The van der Waals surface area contributed by atoms with Gasteiger partial charge in [0.05, 0.1) is 5.02 Å². The van der Waals surface area contributed by atoms with Gasteiger partial charge in [0.2, 0.25) is 0 Å². The Morgan fingerprint density at radius 1 is 1.26 bits per heavy atom. The van der Waals surface area contributed by atoms with Crippen LogP contribution in [0.25, 0.3) is 0 Å². The summed E-state index contributed by atoms with van der Waals surface area (Å²) < 4.78 is 30.5. The number of carbonyl (C=O) groups excluding carboxylic acids is 1. The Balaban J connectivity index is 1.77. The van der Waals surface area contributed by atoms with Crippen molar-refractivity contribution >= 4 is 33.5 Å². The summed E-state index contributed by atoms with van der Waals surface area (Å²) in [7, 11) is 0. The zero-order valence-corrected chi connectivity index (χ0v) is 14.1. The van der Waals surface area contributed by atoms with Crippen molar-refractivity contribution in [1.82, 2.24) is 0 Å². The van der Waals surface area contributed by atoms with Gasteiger partial charge >= 0.3 is 5.97 Å². The molecule has 0 saturated carbocycles. The average Bonchev–Trinajstić information content (AvgIpc) is 2.52. The molecule has 1 aliphatic heterocycles. The Bertz CT molecular complexity index is 746. The van der Waals surface area contributed by atoms with Crippen LogP contribution in [0, 0.1) is 5.82 Å². The number of esters is 1. The molecule has 2 aromatic rings. The number of carbonyl (C=O) groups is 1. The molecule has 1 aliphatic rings. The molecule has 0 aliphatic carbocycles. The molecule has 0 unspecified atom stereocenters. The largest absolute Gasteiger partial charge is 0.486 e. The molecule has 0 radical (unpaired) electrons. The van der Waals surface area contributed by atoms with E-state index in [4.69, 9.17) is 25.8 Å². The molecule has 0 fully saturated rings. The molecule has 0 spiro atoms. The van der Waals surface area contributed by atoms with E-state index in [1.54, 1.807) is 12.1 Å². The monoisotopic (exact) mass is 400 g/mol. The van der Waals surface area contributed by atoms with E-state index >= 15 is 0 Å². The Labute approximate surface area is 145 Å². The maximum Gasteiger partial charge on any atom is 0.342 e. The molecule has 4 nitrogen and oxygen atoms in total. The van der Waals surface area contributed by atoms with Crippen molar-refractivity contribution in [3.8, 4) is 11.5 Å². The van der Waals surface area contributed by atoms with Gasteiger partial charge < -0.3 is 14.2 Å². The van der Waals surface area contributed by atoms with E-state index in [2.05, 4.69) is 15.9 Å². The van der Waals surface area contributed by atoms with E-state index in [0.29, 0.717) is 34.7 Å². The minimum Gasteiger partial charge on any atom is -0.486 e. The van der Waals surface area contributed by atoms with Crippen molar-refractivity contribution < 1.29 is 23.4 Å². The predicted molar refractivity (Wildman–Crippen MR) is 85.7 cm³/mol. The highest BCUT2D eigenvalue weighted by atomic mass is 79.9. The van der Waals surface area contributed by atoms with Gasteiger partial charge in [0.15, 0.2) is 11.5 Å². The molecule has 0 atom stereocenters. The van der Waals surface area contributed by atoms with Crippen LogP contribution in [0.2, 0.25) is 5.02 Å². The lowest BCUT2D eigenvalue weighted by molar-refractivity contribution is 0.0466. The fraction of sp³-hybridized carbons (Fsp3) is 0.188. The highest BCUT2D eigenvalue weighted by Crippen LogP contribution is 2.36. The van der Waals surface area contributed by atoms with Crippen LogP contribution in [0.4, 0.5) is 4.39 Å². The molecule has 0 amide bonds. The van der Waals surface area contributed by atoms with E-state index in [-0.39, 0.29) is 17.2 Å². The molecule has 0 saturated heterocycles. The quantitative estimate of drug-likeness (QED) is 0.717. The second-order valence-electron chi connectivity index (χ2n) is 4.76. The number of rotatable bonds is 3. The maximum absolute atomic E-state index is 13.7. The second-order valence-corrected chi connectivity index (χ2v) is 6.02. The van der Waals surface area contributed by atoms with Gasteiger partial charge in [-0.05, 0) is 24.3 Å². The summed E-state index contributed by atoms with van der Waals surface area (Å²) in [6.45, 7) is 0.888. The summed E-state index contributed by atoms with van der Waals surface area (Å²) >= 11 is 9.23. The Hall–Kier alpha value is -1.79. The van der Waals surface area contributed by atoms with Crippen LogP contribution >= 0.6 is 27.5 Å². The molecule has 23 heavy (non-hydrogen) atoms. The number of benzene rings is 2. The first-order valence-corrected chi connectivity index (χ1v) is 7.92. The van der Waals surface area contributed by atoms with Gasteiger partial charge in [0.25, 0.3) is 0 Å². The first kappa shape index (κ1) is 16.1. The fourth-order valence-corrected chi connectivity index (χ4v) is 2.80. The Kier molecular flexibility index (Phi) is 4.73. The maximum atomic E-state index is 13.7. The van der Waals surface area contributed by atoms with Crippen molar-refractivity contribution in [2.75, 3.05) is 13.2 Å². The minimum atomic E-state index is -0.824. The van der Waals surface area contributed by atoms with Crippen LogP contribution in [-0.4, -0.2) is 19.2 Å². The molecule has 1 heterocycles. The molecule has 0 N–H and O–H groups in total. The lowest BCUT2D eigenvalue weighted by atomic mass is 10.2. The number of ether oxygens (including phenoxy) is 3. The summed E-state index contributed by atoms with van der Waals surface area (Å²) in [5.74, 6) is -0.344. The molecule has 3 rings (SSSR count). The van der Waals surface area contributed by atoms with Crippen molar-refractivity contribution in [1.29, 1.82) is 0 Å². The average molecular weight is 402 g/mol. The van der Waals surface area contributed by atoms with Gasteiger partial charge in [-0.15, -0.1) is 0 Å². The summed E-state index contributed by atoms with van der Waals surface area (Å²) in [5.41, 5.74) is 0.401. The number of hydrogen-bond donors (Lipinski definition) is 0. The lowest BCUT2D eigenvalue weighted by Gasteiger charge is -2.20. The summed E-state index contributed by atoms with van der Waals surface area (Å²) in [6.07, 6.45) is 0. The molecule has 120 valence electrons. The smallest absolute Gasteiger partial charge is 0.342 e. The van der Waals surface area contributed by atoms with E-state index in [0.717, 1.165) is 6.07 Å². The van der Waals surface area contributed by atoms with Crippen LogP contribution in [0.3, 0.4) is 0 Å². The van der Waals surface area contributed by atoms with Crippen molar-refractivity contribution in [2.45, 2.75) is 6.61 Å². The zero-order chi connectivity index (χ0) is 16.4. The number of halogens is 3. The van der Waals surface area contributed by atoms with E-state index in [1.165, 1.54) is 12.1 Å². The van der Waals surface area contributed by atoms with Gasteiger partial charge in [0.1, 0.15) is 31.2 Å². The van der Waals surface area contributed by atoms with Crippen LogP contribution in [0.5, 0.6) is 11.5 Å². The molecule has 0 aromatic heterocycles.